The van der Waals surface area contributed by atoms with E-state index < -0.39 is 35.8 Å². The summed E-state index contributed by atoms with van der Waals surface area (Å²) in [6.45, 7) is 1.45. The first-order chi connectivity index (χ1) is 17.9. The molecule has 0 aromatic heterocycles. The van der Waals surface area contributed by atoms with Gasteiger partial charge in [-0.3, -0.25) is 19.3 Å². The van der Waals surface area contributed by atoms with Crippen molar-refractivity contribution in [2.45, 2.75) is 25.5 Å². The predicted molar refractivity (Wildman–Crippen MR) is 139 cm³/mol. The first-order valence-electron chi connectivity index (χ1n) is 11.9. The highest BCUT2D eigenvalue weighted by Gasteiger charge is 2.44. The lowest BCUT2D eigenvalue weighted by Crippen LogP contribution is -2.48. The van der Waals surface area contributed by atoms with Crippen molar-refractivity contribution in [2.75, 3.05) is 5.32 Å². The van der Waals surface area contributed by atoms with E-state index in [2.05, 4.69) is 5.32 Å². The third kappa shape index (κ3) is 4.84. The van der Waals surface area contributed by atoms with Gasteiger partial charge >= 0.3 is 5.97 Å². The number of ether oxygens (including phenoxy) is 1. The molecule has 4 aromatic carbocycles. The summed E-state index contributed by atoms with van der Waals surface area (Å²) in [5.41, 5.74) is 1.78. The van der Waals surface area contributed by atoms with Crippen molar-refractivity contribution in [2.24, 2.45) is 0 Å². The normalized spacial score (nSPS) is 14.2. The largest absolute Gasteiger partial charge is 0.451 e. The van der Waals surface area contributed by atoms with Gasteiger partial charge in [-0.1, -0.05) is 72.8 Å². The molecule has 0 spiro atoms. The Morgan fingerprint density at radius 1 is 0.784 bits per heavy atom. The molecule has 0 unspecified atom stereocenters. The molecule has 0 bridgehead atoms. The number of esters is 1. The summed E-state index contributed by atoms with van der Waals surface area (Å²) in [5, 5.41) is 4.75. The Balaban J connectivity index is 1.35. The van der Waals surface area contributed by atoms with Gasteiger partial charge in [0.15, 0.2) is 6.10 Å². The first kappa shape index (κ1) is 23.9. The van der Waals surface area contributed by atoms with Crippen molar-refractivity contribution in [3.8, 4) is 0 Å². The Hall–Kier alpha value is -4.78. The standard InChI is InChI=1S/C30H24N2O5/c1-19(27(33)31-23-16-15-21-11-5-6-12-22(21)18-23)37-30(36)26(17-20-9-3-2-4-10-20)32-28(34)24-13-7-8-14-25(24)29(32)35/h2-16,18-19,26H,17H2,1H3,(H,31,33)/t19-,26+/m0/s1. The smallest absolute Gasteiger partial charge is 0.330 e. The van der Waals surface area contributed by atoms with Gasteiger partial charge in [-0.15, -0.1) is 0 Å². The van der Waals surface area contributed by atoms with Crippen LogP contribution in [0.15, 0.2) is 97.1 Å². The summed E-state index contributed by atoms with van der Waals surface area (Å²) < 4.78 is 5.52. The summed E-state index contributed by atoms with van der Waals surface area (Å²) in [5.74, 6) is -2.48. The summed E-state index contributed by atoms with van der Waals surface area (Å²) in [4.78, 5) is 53.4. The average molecular weight is 493 g/mol. The number of anilines is 1. The quantitative estimate of drug-likeness (QED) is 0.300. The van der Waals surface area contributed by atoms with E-state index in [4.69, 9.17) is 4.74 Å². The lowest BCUT2D eigenvalue weighted by atomic mass is 10.0. The van der Waals surface area contributed by atoms with E-state index in [0.29, 0.717) is 5.69 Å². The van der Waals surface area contributed by atoms with Crippen LogP contribution in [0.1, 0.15) is 33.2 Å². The van der Waals surface area contributed by atoms with E-state index in [9.17, 15) is 19.2 Å². The van der Waals surface area contributed by atoms with Crippen LogP contribution in [0.5, 0.6) is 0 Å². The van der Waals surface area contributed by atoms with Gasteiger partial charge in [0, 0.05) is 12.1 Å². The summed E-state index contributed by atoms with van der Waals surface area (Å²) in [6, 6.07) is 27.5. The van der Waals surface area contributed by atoms with Crippen LogP contribution in [-0.2, 0) is 20.7 Å². The number of carbonyl (C=O) groups is 4. The fourth-order valence-corrected chi connectivity index (χ4v) is 4.43. The van der Waals surface area contributed by atoms with E-state index >= 15 is 0 Å². The van der Waals surface area contributed by atoms with E-state index in [1.807, 2.05) is 42.5 Å². The Bertz CT molecular complexity index is 1480. The minimum Gasteiger partial charge on any atom is -0.451 e. The predicted octanol–water partition coefficient (Wildman–Crippen LogP) is 4.62. The molecule has 0 aliphatic carbocycles. The highest BCUT2D eigenvalue weighted by molar-refractivity contribution is 6.22. The maximum absolute atomic E-state index is 13.4. The van der Waals surface area contributed by atoms with Gasteiger partial charge < -0.3 is 10.1 Å². The first-order valence-corrected chi connectivity index (χ1v) is 11.9. The molecule has 3 amide bonds. The molecule has 0 fully saturated rings. The number of nitrogens with zero attached hydrogens (tertiary/aromatic N) is 1. The second kappa shape index (κ2) is 10.1. The van der Waals surface area contributed by atoms with Crippen LogP contribution in [0, 0.1) is 0 Å². The molecule has 0 saturated heterocycles. The lowest BCUT2D eigenvalue weighted by molar-refractivity contribution is -0.157. The monoisotopic (exact) mass is 492 g/mol. The number of rotatable bonds is 7. The van der Waals surface area contributed by atoms with Crippen LogP contribution in [-0.4, -0.2) is 40.7 Å². The van der Waals surface area contributed by atoms with Crippen molar-refractivity contribution in [3.63, 3.8) is 0 Å². The van der Waals surface area contributed by atoms with Crippen molar-refractivity contribution in [3.05, 3.63) is 114 Å². The topological polar surface area (TPSA) is 92.8 Å². The number of hydrogen-bond acceptors (Lipinski definition) is 5. The van der Waals surface area contributed by atoms with Crippen molar-refractivity contribution < 1.29 is 23.9 Å². The van der Waals surface area contributed by atoms with Gasteiger partial charge in [0.1, 0.15) is 6.04 Å². The number of nitrogens with one attached hydrogen (secondary N) is 1. The summed E-state index contributed by atoms with van der Waals surface area (Å²) in [6.07, 6.45) is -1.10. The molecule has 37 heavy (non-hydrogen) atoms. The van der Waals surface area contributed by atoms with Crippen LogP contribution in [0.4, 0.5) is 5.69 Å². The number of imide groups is 1. The van der Waals surface area contributed by atoms with Crippen molar-refractivity contribution >= 4 is 40.2 Å². The number of hydrogen-bond donors (Lipinski definition) is 1. The Morgan fingerprint density at radius 2 is 1.38 bits per heavy atom. The van der Waals surface area contributed by atoms with Crippen LogP contribution >= 0.6 is 0 Å². The van der Waals surface area contributed by atoms with Gasteiger partial charge in [-0.05, 0) is 47.5 Å². The molecule has 0 saturated carbocycles. The number of amides is 3. The van der Waals surface area contributed by atoms with Gasteiger partial charge in [0.05, 0.1) is 11.1 Å². The zero-order valence-electron chi connectivity index (χ0n) is 20.1. The molecule has 2 atom stereocenters. The lowest BCUT2D eigenvalue weighted by Gasteiger charge is -2.26. The zero-order chi connectivity index (χ0) is 25.9. The Kier molecular flexibility index (Phi) is 6.51. The van der Waals surface area contributed by atoms with Crippen molar-refractivity contribution in [1.29, 1.82) is 0 Å². The second-order valence-corrected chi connectivity index (χ2v) is 8.86. The molecule has 1 aliphatic heterocycles. The van der Waals surface area contributed by atoms with Crippen LogP contribution < -0.4 is 5.32 Å². The maximum Gasteiger partial charge on any atom is 0.330 e. The van der Waals surface area contributed by atoms with E-state index in [1.165, 1.54) is 6.92 Å². The molecule has 7 heteroatoms. The van der Waals surface area contributed by atoms with Gasteiger partial charge in [0.25, 0.3) is 17.7 Å². The SMILES string of the molecule is C[C@H](OC(=O)[C@@H](Cc1ccccc1)N1C(=O)c2ccccc2C1=O)C(=O)Nc1ccc2ccccc2c1. The fourth-order valence-electron chi connectivity index (χ4n) is 4.43. The minimum absolute atomic E-state index is 0.0597. The molecule has 184 valence electrons. The highest BCUT2D eigenvalue weighted by atomic mass is 16.5. The van der Waals surface area contributed by atoms with Crippen LogP contribution in [0.2, 0.25) is 0 Å². The Morgan fingerprint density at radius 3 is 2.05 bits per heavy atom. The number of benzene rings is 4. The molecule has 4 aromatic rings. The summed E-state index contributed by atoms with van der Waals surface area (Å²) in [7, 11) is 0. The van der Waals surface area contributed by atoms with E-state index in [1.54, 1.807) is 54.6 Å². The zero-order valence-corrected chi connectivity index (χ0v) is 20.1. The van der Waals surface area contributed by atoms with Gasteiger partial charge in [-0.2, -0.15) is 0 Å². The molecule has 1 aliphatic rings. The van der Waals surface area contributed by atoms with Gasteiger partial charge in [-0.25, -0.2) is 4.79 Å². The molecule has 0 radical (unpaired) electrons. The highest BCUT2D eigenvalue weighted by Crippen LogP contribution is 2.27. The summed E-state index contributed by atoms with van der Waals surface area (Å²) >= 11 is 0. The van der Waals surface area contributed by atoms with Crippen LogP contribution in [0.25, 0.3) is 10.8 Å². The average Bonchev–Trinajstić information content (AvgIpc) is 3.17. The fraction of sp³-hybridized carbons (Fsp3) is 0.133. The third-order valence-corrected chi connectivity index (χ3v) is 6.36. The Labute approximate surface area is 213 Å². The minimum atomic E-state index is -1.23. The molecule has 5 rings (SSSR count). The molecular formula is C30H24N2O5. The van der Waals surface area contributed by atoms with E-state index in [0.717, 1.165) is 21.2 Å². The van der Waals surface area contributed by atoms with E-state index in [-0.39, 0.29) is 17.5 Å². The maximum atomic E-state index is 13.4. The number of carbonyl (C=O) groups excluding carboxylic acids is 4. The third-order valence-electron chi connectivity index (χ3n) is 6.36. The molecule has 7 nitrogen and oxygen atoms in total. The van der Waals surface area contributed by atoms with Crippen LogP contribution in [0.3, 0.4) is 0 Å². The number of fused-ring (bicyclic) bond motifs is 2. The molecular weight excluding hydrogens is 468 g/mol. The second-order valence-electron chi connectivity index (χ2n) is 8.86. The molecule has 1 N–H and O–H groups in total. The van der Waals surface area contributed by atoms with Gasteiger partial charge in [0.2, 0.25) is 0 Å². The van der Waals surface area contributed by atoms with Crippen molar-refractivity contribution in [1.82, 2.24) is 4.90 Å². The molecule has 1 heterocycles.